The van der Waals surface area contributed by atoms with Gasteiger partial charge in [-0.2, -0.15) is 0 Å². The molecule has 0 saturated heterocycles. The monoisotopic (exact) mass is 179 g/mol. The number of rotatable bonds is 4. The van der Waals surface area contributed by atoms with Crippen molar-refractivity contribution in [3.63, 3.8) is 0 Å². The van der Waals surface area contributed by atoms with Gasteiger partial charge in [0, 0.05) is 24.4 Å². The van der Waals surface area contributed by atoms with Crippen LogP contribution in [0.15, 0.2) is 11.4 Å². The fraction of sp³-hybridized carbons (Fsp3) is 0.400. The van der Waals surface area contributed by atoms with Crippen molar-refractivity contribution in [2.75, 3.05) is 6.54 Å². The van der Waals surface area contributed by atoms with E-state index in [9.17, 15) is 0 Å². The minimum atomic E-state index is 0.810. The molecule has 0 fully saturated rings. The molecular formula is C10H13NS. The Hall–Kier alpha value is -0.780. The number of aryl methyl sites for hydroxylation is 1. The number of hydrogen-bond donors (Lipinski definition) is 1. The van der Waals surface area contributed by atoms with Crippen LogP contribution in [0, 0.1) is 19.3 Å². The summed E-state index contributed by atoms with van der Waals surface area (Å²) in [6.07, 6.45) is 5.94. The van der Waals surface area contributed by atoms with E-state index >= 15 is 0 Å². The molecule has 0 atom stereocenters. The van der Waals surface area contributed by atoms with E-state index in [1.807, 2.05) is 0 Å². The fourth-order valence-corrected chi connectivity index (χ4v) is 1.82. The van der Waals surface area contributed by atoms with Gasteiger partial charge in [0.1, 0.15) is 0 Å². The van der Waals surface area contributed by atoms with Crippen LogP contribution in [-0.4, -0.2) is 6.54 Å². The van der Waals surface area contributed by atoms with Gasteiger partial charge in [-0.25, -0.2) is 0 Å². The maximum Gasteiger partial charge on any atom is 0.0302 e. The van der Waals surface area contributed by atoms with Gasteiger partial charge in [-0.05, 0) is 23.9 Å². The molecule has 1 rings (SSSR count). The summed E-state index contributed by atoms with van der Waals surface area (Å²) in [5.74, 6) is 2.60. The molecule has 1 heterocycles. The smallest absolute Gasteiger partial charge is 0.0302 e. The lowest BCUT2D eigenvalue weighted by Gasteiger charge is -2.00. The van der Waals surface area contributed by atoms with E-state index < -0.39 is 0 Å². The van der Waals surface area contributed by atoms with Gasteiger partial charge >= 0.3 is 0 Å². The van der Waals surface area contributed by atoms with Gasteiger partial charge in [0.25, 0.3) is 0 Å². The highest BCUT2D eigenvalue weighted by molar-refractivity contribution is 7.10. The van der Waals surface area contributed by atoms with Crippen molar-refractivity contribution >= 4 is 11.3 Å². The molecule has 0 aliphatic carbocycles. The van der Waals surface area contributed by atoms with Crippen molar-refractivity contribution in [3.8, 4) is 12.3 Å². The van der Waals surface area contributed by atoms with Gasteiger partial charge in [-0.15, -0.1) is 23.7 Å². The third-order valence-corrected chi connectivity index (χ3v) is 2.72. The topological polar surface area (TPSA) is 12.0 Å². The Kier molecular flexibility index (Phi) is 3.86. The van der Waals surface area contributed by atoms with Crippen LogP contribution in [0.2, 0.25) is 0 Å². The summed E-state index contributed by atoms with van der Waals surface area (Å²) in [4.78, 5) is 1.41. The quantitative estimate of drug-likeness (QED) is 0.552. The molecule has 0 bridgehead atoms. The molecule has 1 aromatic heterocycles. The lowest BCUT2D eigenvalue weighted by atomic mass is 10.3. The highest BCUT2D eigenvalue weighted by atomic mass is 32.1. The number of hydrogen-bond acceptors (Lipinski definition) is 2. The molecule has 0 spiro atoms. The number of terminal acetylenes is 1. The molecule has 12 heavy (non-hydrogen) atoms. The molecule has 64 valence electrons. The van der Waals surface area contributed by atoms with Crippen LogP contribution in [0.1, 0.15) is 16.9 Å². The second-order valence-corrected chi connectivity index (χ2v) is 3.66. The standard InChI is InChI=1S/C10H13NS/c1-3-4-6-11-8-10-9(2)5-7-12-10/h1,5,7,11H,4,6,8H2,2H3. The summed E-state index contributed by atoms with van der Waals surface area (Å²) < 4.78 is 0. The van der Waals surface area contributed by atoms with Gasteiger partial charge in [0.05, 0.1) is 0 Å². The van der Waals surface area contributed by atoms with Crippen molar-refractivity contribution in [1.29, 1.82) is 0 Å². The number of thiophene rings is 1. The van der Waals surface area contributed by atoms with E-state index in [2.05, 4.69) is 29.6 Å². The van der Waals surface area contributed by atoms with E-state index in [-0.39, 0.29) is 0 Å². The molecule has 2 heteroatoms. The first-order chi connectivity index (χ1) is 5.84. The van der Waals surface area contributed by atoms with E-state index in [4.69, 9.17) is 6.42 Å². The molecule has 0 aliphatic rings. The third kappa shape index (κ3) is 2.69. The summed E-state index contributed by atoms with van der Waals surface area (Å²) >= 11 is 1.79. The lowest BCUT2D eigenvalue weighted by Crippen LogP contribution is -2.13. The van der Waals surface area contributed by atoms with Gasteiger partial charge in [0.15, 0.2) is 0 Å². The second kappa shape index (κ2) is 4.97. The Balaban J connectivity index is 2.25. The van der Waals surface area contributed by atoms with E-state index in [0.29, 0.717) is 0 Å². The minimum Gasteiger partial charge on any atom is -0.311 e. The van der Waals surface area contributed by atoms with Gasteiger partial charge < -0.3 is 5.32 Å². The van der Waals surface area contributed by atoms with Gasteiger partial charge in [-0.1, -0.05) is 0 Å². The summed E-state index contributed by atoms with van der Waals surface area (Å²) in [7, 11) is 0. The fourth-order valence-electron chi connectivity index (χ4n) is 0.948. The normalized spacial score (nSPS) is 9.67. The van der Waals surface area contributed by atoms with Crippen molar-refractivity contribution in [1.82, 2.24) is 5.32 Å². The van der Waals surface area contributed by atoms with Crippen LogP contribution in [0.3, 0.4) is 0 Å². The Bertz CT molecular complexity index is 270. The van der Waals surface area contributed by atoms with Crippen LogP contribution >= 0.6 is 11.3 Å². The average molecular weight is 179 g/mol. The molecule has 1 nitrogen and oxygen atoms in total. The molecule has 0 saturated carbocycles. The lowest BCUT2D eigenvalue weighted by molar-refractivity contribution is 0.706. The molecule has 0 radical (unpaired) electrons. The predicted molar refractivity (Wildman–Crippen MR) is 54.2 cm³/mol. The molecule has 1 aromatic rings. The highest BCUT2D eigenvalue weighted by Gasteiger charge is 1.97. The molecular weight excluding hydrogens is 166 g/mol. The zero-order valence-corrected chi connectivity index (χ0v) is 8.08. The summed E-state index contributed by atoms with van der Waals surface area (Å²) in [6.45, 7) is 3.99. The van der Waals surface area contributed by atoms with Crippen molar-refractivity contribution in [2.24, 2.45) is 0 Å². The Morgan fingerprint density at radius 2 is 2.50 bits per heavy atom. The van der Waals surface area contributed by atoms with Crippen molar-refractivity contribution < 1.29 is 0 Å². The summed E-state index contributed by atoms with van der Waals surface area (Å²) in [5.41, 5.74) is 1.37. The Morgan fingerprint density at radius 1 is 1.67 bits per heavy atom. The minimum absolute atomic E-state index is 0.810. The van der Waals surface area contributed by atoms with Crippen LogP contribution in [-0.2, 0) is 6.54 Å². The summed E-state index contributed by atoms with van der Waals surface area (Å²) in [5, 5.41) is 5.42. The predicted octanol–water partition coefficient (Wildman–Crippen LogP) is 2.17. The van der Waals surface area contributed by atoms with Gasteiger partial charge in [-0.3, -0.25) is 0 Å². The first-order valence-corrected chi connectivity index (χ1v) is 4.89. The largest absolute Gasteiger partial charge is 0.311 e. The first-order valence-electron chi connectivity index (χ1n) is 4.01. The van der Waals surface area contributed by atoms with Crippen LogP contribution < -0.4 is 5.32 Å². The van der Waals surface area contributed by atoms with Crippen molar-refractivity contribution in [2.45, 2.75) is 19.9 Å². The summed E-state index contributed by atoms with van der Waals surface area (Å²) in [6, 6.07) is 2.14. The molecule has 0 unspecified atom stereocenters. The zero-order chi connectivity index (χ0) is 8.81. The maximum atomic E-state index is 5.13. The van der Waals surface area contributed by atoms with Crippen molar-refractivity contribution in [3.05, 3.63) is 21.9 Å². The highest BCUT2D eigenvalue weighted by Crippen LogP contribution is 2.14. The molecule has 0 aliphatic heterocycles. The Morgan fingerprint density at radius 3 is 3.08 bits per heavy atom. The van der Waals surface area contributed by atoms with Crippen LogP contribution in [0.5, 0.6) is 0 Å². The van der Waals surface area contributed by atoms with Crippen LogP contribution in [0.4, 0.5) is 0 Å². The van der Waals surface area contributed by atoms with E-state index in [1.54, 1.807) is 11.3 Å². The van der Waals surface area contributed by atoms with Gasteiger partial charge in [0.2, 0.25) is 0 Å². The Labute approximate surface area is 77.8 Å². The SMILES string of the molecule is C#CCCNCc1sccc1C. The molecule has 1 N–H and O–H groups in total. The zero-order valence-electron chi connectivity index (χ0n) is 7.26. The molecule has 0 amide bonds. The van der Waals surface area contributed by atoms with Crippen LogP contribution in [0.25, 0.3) is 0 Å². The first kappa shape index (κ1) is 9.31. The second-order valence-electron chi connectivity index (χ2n) is 2.66. The van der Waals surface area contributed by atoms with E-state index in [0.717, 1.165) is 19.5 Å². The average Bonchev–Trinajstić information content (AvgIpc) is 2.46. The molecule has 0 aromatic carbocycles. The third-order valence-electron chi connectivity index (χ3n) is 1.70. The number of nitrogens with one attached hydrogen (secondary N) is 1. The van der Waals surface area contributed by atoms with E-state index in [1.165, 1.54) is 10.4 Å². The maximum absolute atomic E-state index is 5.13.